The number of hydrogen-bond acceptors (Lipinski definition) is 2. The van der Waals surface area contributed by atoms with Crippen molar-refractivity contribution in [2.75, 3.05) is 11.1 Å². The molecule has 94 valence electrons. The Bertz CT molecular complexity index is 538. The molecule has 0 unspecified atom stereocenters. The Morgan fingerprint density at radius 3 is 2.56 bits per heavy atom. The van der Waals surface area contributed by atoms with Crippen LogP contribution in [0, 0.1) is 0 Å². The average molecular weight is 305 g/mol. The minimum absolute atomic E-state index is 0.771. The second-order valence-corrected chi connectivity index (χ2v) is 5.12. The molecule has 0 amide bonds. The third kappa shape index (κ3) is 3.05. The van der Waals surface area contributed by atoms with E-state index in [1.807, 2.05) is 18.2 Å². The second-order valence-electron chi connectivity index (χ2n) is 4.21. The van der Waals surface area contributed by atoms with Crippen molar-refractivity contribution in [1.29, 1.82) is 0 Å². The summed E-state index contributed by atoms with van der Waals surface area (Å²) >= 11 is 3.46. The van der Waals surface area contributed by atoms with Crippen LogP contribution in [0.2, 0.25) is 0 Å². The van der Waals surface area contributed by atoms with E-state index < -0.39 is 0 Å². The van der Waals surface area contributed by atoms with Gasteiger partial charge < -0.3 is 11.1 Å². The Kier molecular flexibility index (Phi) is 4.26. The Hall–Kier alpha value is -1.48. The van der Waals surface area contributed by atoms with E-state index in [1.54, 1.807) is 0 Å². The standard InChI is InChI=1S/C15H17BrN2/c1-2-11-5-3-4-6-12(11)10-18-15-9-13(16)7-8-14(15)17/h3-9,18H,2,10,17H2,1H3. The molecule has 0 saturated carbocycles. The molecule has 0 fully saturated rings. The first-order chi connectivity index (χ1) is 8.70. The fourth-order valence-electron chi connectivity index (χ4n) is 1.95. The maximum Gasteiger partial charge on any atom is 0.0587 e. The van der Waals surface area contributed by atoms with E-state index in [0.29, 0.717) is 0 Å². The quantitative estimate of drug-likeness (QED) is 0.831. The van der Waals surface area contributed by atoms with E-state index in [-0.39, 0.29) is 0 Å². The first-order valence-electron chi connectivity index (χ1n) is 6.06. The van der Waals surface area contributed by atoms with Gasteiger partial charge in [-0.2, -0.15) is 0 Å². The van der Waals surface area contributed by atoms with E-state index in [9.17, 15) is 0 Å². The van der Waals surface area contributed by atoms with Crippen molar-refractivity contribution in [2.45, 2.75) is 19.9 Å². The molecule has 2 aromatic carbocycles. The number of rotatable bonds is 4. The summed E-state index contributed by atoms with van der Waals surface area (Å²) in [6.45, 7) is 2.97. The molecule has 0 bridgehead atoms. The van der Waals surface area contributed by atoms with Gasteiger partial charge in [0.25, 0.3) is 0 Å². The highest BCUT2D eigenvalue weighted by Gasteiger charge is 2.02. The molecule has 0 aromatic heterocycles. The molecule has 0 heterocycles. The fraction of sp³-hybridized carbons (Fsp3) is 0.200. The molecule has 0 spiro atoms. The molecule has 2 aromatic rings. The number of anilines is 2. The highest BCUT2D eigenvalue weighted by Crippen LogP contribution is 2.24. The van der Waals surface area contributed by atoms with E-state index >= 15 is 0 Å². The van der Waals surface area contributed by atoms with E-state index in [4.69, 9.17) is 5.73 Å². The zero-order chi connectivity index (χ0) is 13.0. The molecule has 18 heavy (non-hydrogen) atoms. The third-order valence-electron chi connectivity index (χ3n) is 2.98. The third-order valence-corrected chi connectivity index (χ3v) is 3.48. The summed E-state index contributed by atoms with van der Waals surface area (Å²) in [6.07, 6.45) is 1.05. The van der Waals surface area contributed by atoms with Crippen LogP contribution in [0.1, 0.15) is 18.1 Å². The molecule has 0 saturated heterocycles. The van der Waals surface area contributed by atoms with Gasteiger partial charge in [0, 0.05) is 11.0 Å². The van der Waals surface area contributed by atoms with Crippen molar-refractivity contribution in [3.8, 4) is 0 Å². The number of nitrogens with two attached hydrogens (primary N) is 1. The number of hydrogen-bond donors (Lipinski definition) is 2. The Morgan fingerprint density at radius 2 is 1.83 bits per heavy atom. The van der Waals surface area contributed by atoms with Gasteiger partial charge in [-0.05, 0) is 35.7 Å². The van der Waals surface area contributed by atoms with Crippen LogP contribution in [0.3, 0.4) is 0 Å². The summed E-state index contributed by atoms with van der Waals surface area (Å²) < 4.78 is 1.03. The number of nitrogens with one attached hydrogen (secondary N) is 1. The molecule has 3 heteroatoms. The van der Waals surface area contributed by atoms with Gasteiger partial charge in [-0.3, -0.25) is 0 Å². The zero-order valence-electron chi connectivity index (χ0n) is 10.4. The van der Waals surface area contributed by atoms with Gasteiger partial charge in [-0.1, -0.05) is 47.1 Å². The van der Waals surface area contributed by atoms with Crippen molar-refractivity contribution in [3.05, 3.63) is 58.1 Å². The molecule has 2 rings (SSSR count). The first kappa shape index (κ1) is 13.0. The average Bonchev–Trinajstić information content (AvgIpc) is 2.40. The summed E-state index contributed by atoms with van der Waals surface area (Å²) in [4.78, 5) is 0. The van der Waals surface area contributed by atoms with Crippen molar-refractivity contribution >= 4 is 27.3 Å². The molecule has 0 radical (unpaired) electrons. The summed E-state index contributed by atoms with van der Waals surface area (Å²) in [5, 5.41) is 3.39. The lowest BCUT2D eigenvalue weighted by molar-refractivity contribution is 1.04. The Labute approximate surface area is 116 Å². The minimum atomic E-state index is 0.771. The largest absolute Gasteiger partial charge is 0.397 e. The lowest BCUT2D eigenvalue weighted by atomic mass is 10.1. The Balaban J connectivity index is 2.14. The molecule has 3 N–H and O–H groups in total. The van der Waals surface area contributed by atoms with Crippen LogP contribution in [0.5, 0.6) is 0 Å². The van der Waals surface area contributed by atoms with Crippen molar-refractivity contribution in [2.24, 2.45) is 0 Å². The van der Waals surface area contributed by atoms with Crippen LogP contribution in [0.4, 0.5) is 11.4 Å². The predicted molar refractivity (Wildman–Crippen MR) is 81.7 cm³/mol. The minimum Gasteiger partial charge on any atom is -0.397 e. The van der Waals surface area contributed by atoms with Crippen molar-refractivity contribution in [3.63, 3.8) is 0 Å². The van der Waals surface area contributed by atoms with Gasteiger partial charge in [0.05, 0.1) is 11.4 Å². The van der Waals surface area contributed by atoms with Crippen LogP contribution >= 0.6 is 15.9 Å². The van der Waals surface area contributed by atoms with Crippen LogP contribution in [-0.2, 0) is 13.0 Å². The van der Waals surface area contributed by atoms with Gasteiger partial charge in [0.1, 0.15) is 0 Å². The molecular weight excluding hydrogens is 288 g/mol. The number of nitrogen functional groups attached to an aromatic ring is 1. The van der Waals surface area contributed by atoms with Gasteiger partial charge in [-0.25, -0.2) is 0 Å². The van der Waals surface area contributed by atoms with Crippen LogP contribution in [-0.4, -0.2) is 0 Å². The lowest BCUT2D eigenvalue weighted by Gasteiger charge is -2.12. The summed E-state index contributed by atoms with van der Waals surface area (Å²) in [5.41, 5.74) is 10.4. The van der Waals surface area contributed by atoms with Crippen LogP contribution in [0.25, 0.3) is 0 Å². The lowest BCUT2D eigenvalue weighted by Crippen LogP contribution is -2.04. The predicted octanol–water partition coefficient (Wildman–Crippen LogP) is 4.21. The fourth-order valence-corrected chi connectivity index (χ4v) is 2.31. The summed E-state index contributed by atoms with van der Waals surface area (Å²) in [5.74, 6) is 0. The van der Waals surface area contributed by atoms with Gasteiger partial charge in [0.15, 0.2) is 0 Å². The van der Waals surface area contributed by atoms with Gasteiger partial charge >= 0.3 is 0 Å². The smallest absolute Gasteiger partial charge is 0.0587 e. The van der Waals surface area contributed by atoms with Crippen LogP contribution < -0.4 is 11.1 Å². The first-order valence-corrected chi connectivity index (χ1v) is 6.85. The van der Waals surface area contributed by atoms with E-state index in [1.165, 1.54) is 11.1 Å². The number of halogens is 1. The monoisotopic (exact) mass is 304 g/mol. The molecular formula is C15H17BrN2. The van der Waals surface area contributed by atoms with E-state index in [2.05, 4.69) is 52.4 Å². The number of benzene rings is 2. The molecule has 0 atom stereocenters. The topological polar surface area (TPSA) is 38.0 Å². The van der Waals surface area contributed by atoms with E-state index in [0.717, 1.165) is 28.8 Å². The maximum atomic E-state index is 5.94. The van der Waals surface area contributed by atoms with Crippen LogP contribution in [0.15, 0.2) is 46.9 Å². The highest BCUT2D eigenvalue weighted by molar-refractivity contribution is 9.10. The maximum absolute atomic E-state index is 5.94. The normalized spacial score (nSPS) is 10.3. The second kappa shape index (κ2) is 5.91. The van der Waals surface area contributed by atoms with Crippen molar-refractivity contribution in [1.82, 2.24) is 0 Å². The van der Waals surface area contributed by atoms with Gasteiger partial charge in [-0.15, -0.1) is 0 Å². The molecule has 0 aliphatic rings. The Morgan fingerprint density at radius 1 is 1.11 bits per heavy atom. The molecule has 2 nitrogen and oxygen atoms in total. The van der Waals surface area contributed by atoms with Gasteiger partial charge in [0.2, 0.25) is 0 Å². The molecule has 0 aliphatic heterocycles. The number of aryl methyl sites for hydroxylation is 1. The molecule has 0 aliphatic carbocycles. The van der Waals surface area contributed by atoms with Crippen molar-refractivity contribution < 1.29 is 0 Å². The highest BCUT2D eigenvalue weighted by atomic mass is 79.9. The zero-order valence-corrected chi connectivity index (χ0v) is 12.0. The summed E-state index contributed by atoms with van der Waals surface area (Å²) in [6, 6.07) is 14.3. The SMILES string of the molecule is CCc1ccccc1CNc1cc(Br)ccc1N. The summed E-state index contributed by atoms with van der Waals surface area (Å²) in [7, 11) is 0.